The van der Waals surface area contributed by atoms with Gasteiger partial charge in [0.05, 0.1) is 0 Å². The fraction of sp³-hybridized carbons (Fsp3) is 0. The molecule has 10 heavy (non-hydrogen) atoms. The second-order valence-corrected chi connectivity index (χ2v) is 1.22. The minimum absolute atomic E-state index is 0. The average Bonchev–Trinajstić information content (AvgIpc) is 0.722. The van der Waals surface area contributed by atoms with Crippen molar-refractivity contribution in [3.05, 3.63) is 0 Å². The van der Waals surface area contributed by atoms with Crippen LogP contribution in [0.3, 0.4) is 0 Å². The molecule has 0 rings (SSSR count). The Balaban J connectivity index is -0.00000000800. The molecular formula is H4ClCuMgO6S. The van der Waals surface area contributed by atoms with Crippen molar-refractivity contribution >= 4 is 33.5 Å². The van der Waals surface area contributed by atoms with Crippen LogP contribution in [0.25, 0.3) is 0 Å². The molecule has 10 heteroatoms. The van der Waals surface area contributed by atoms with Crippen LogP contribution >= 0.6 is 0 Å². The van der Waals surface area contributed by atoms with Crippen molar-refractivity contribution in [1.29, 1.82) is 0 Å². The Bertz CT molecular complexity index is 101. The first kappa shape index (κ1) is 42.4. The molecule has 0 spiro atoms. The van der Waals surface area contributed by atoms with Crippen LogP contribution in [-0.2, 0) is 27.5 Å². The quantitative estimate of drug-likeness (QED) is 0.241. The first-order valence-corrected chi connectivity index (χ1v) is 2.00. The monoisotopic (exact) mass is 254 g/mol. The maximum atomic E-state index is 8.52. The summed E-state index contributed by atoms with van der Waals surface area (Å²) in [7, 11) is -5.17. The van der Waals surface area contributed by atoms with E-state index in [0.717, 1.165) is 0 Å². The average molecular weight is 255 g/mol. The van der Waals surface area contributed by atoms with Crippen LogP contribution in [0.2, 0.25) is 0 Å². The van der Waals surface area contributed by atoms with E-state index >= 15 is 0 Å². The molecule has 0 aliphatic heterocycles. The van der Waals surface area contributed by atoms with Crippen molar-refractivity contribution in [1.82, 2.24) is 0 Å². The Morgan fingerprint density at radius 3 is 1.00 bits per heavy atom. The van der Waals surface area contributed by atoms with E-state index in [0.29, 0.717) is 0 Å². The molecule has 4 N–H and O–H groups in total. The van der Waals surface area contributed by atoms with Crippen LogP contribution in [0, 0.1) is 0 Å². The largest absolute Gasteiger partial charge is 2.00 e. The van der Waals surface area contributed by atoms with Gasteiger partial charge in [-0.1, -0.05) is 0 Å². The van der Waals surface area contributed by atoms with Crippen LogP contribution in [0.15, 0.2) is 0 Å². The van der Waals surface area contributed by atoms with Crippen LogP contribution in [0.4, 0.5) is 0 Å². The summed E-state index contributed by atoms with van der Waals surface area (Å²) in [5.74, 6) is 0. The number of rotatable bonds is 0. The van der Waals surface area contributed by atoms with Gasteiger partial charge in [0.15, 0.2) is 0 Å². The Kier molecular flexibility index (Phi) is 71.1. The predicted octanol–water partition coefficient (Wildman–Crippen LogP) is -6.37. The summed E-state index contributed by atoms with van der Waals surface area (Å²) >= 11 is 0. The van der Waals surface area contributed by atoms with E-state index in [9.17, 15) is 0 Å². The first-order chi connectivity index (χ1) is 2.00. The van der Waals surface area contributed by atoms with Gasteiger partial charge in [-0.05, 0) is 0 Å². The summed E-state index contributed by atoms with van der Waals surface area (Å²) in [4.78, 5) is 0. The molecule has 66 valence electrons. The molecule has 0 aromatic heterocycles. The van der Waals surface area contributed by atoms with Gasteiger partial charge in [-0.25, -0.2) is 0 Å². The maximum Gasteiger partial charge on any atom is 2.00 e. The Morgan fingerprint density at radius 1 is 1.00 bits per heavy atom. The van der Waals surface area contributed by atoms with E-state index in [1.165, 1.54) is 0 Å². The van der Waals surface area contributed by atoms with Gasteiger partial charge >= 0.3 is 40.1 Å². The fourth-order valence-corrected chi connectivity index (χ4v) is 0. The van der Waals surface area contributed by atoms with E-state index in [4.69, 9.17) is 17.5 Å². The zero-order chi connectivity index (χ0) is 4.50. The molecule has 0 aliphatic rings. The topological polar surface area (TPSA) is 143 Å². The van der Waals surface area contributed by atoms with Gasteiger partial charge in [0.2, 0.25) is 0 Å². The van der Waals surface area contributed by atoms with Gasteiger partial charge in [-0.2, -0.15) is 0 Å². The van der Waals surface area contributed by atoms with E-state index in [1.54, 1.807) is 0 Å². The van der Waals surface area contributed by atoms with E-state index in [1.807, 2.05) is 0 Å². The predicted molar refractivity (Wildman–Crippen MR) is 23.5 cm³/mol. The molecule has 0 aliphatic carbocycles. The number of hydrogen-bond acceptors (Lipinski definition) is 4. The van der Waals surface area contributed by atoms with E-state index in [2.05, 4.69) is 0 Å². The summed E-state index contributed by atoms with van der Waals surface area (Å²) in [5, 5.41) is 0. The molecule has 0 saturated heterocycles. The summed E-state index contributed by atoms with van der Waals surface area (Å²) in [6.07, 6.45) is 0. The van der Waals surface area contributed by atoms with Crippen LogP contribution < -0.4 is 12.4 Å². The molecule has 0 amide bonds. The minimum Gasteiger partial charge on any atom is -1.00 e. The summed E-state index contributed by atoms with van der Waals surface area (Å²) in [6.45, 7) is 0. The molecule has 0 atom stereocenters. The van der Waals surface area contributed by atoms with Crippen LogP contribution in [-0.4, -0.2) is 51.5 Å². The summed E-state index contributed by atoms with van der Waals surface area (Å²) in [5.41, 5.74) is 0. The van der Waals surface area contributed by atoms with Crippen LogP contribution in [0.1, 0.15) is 0 Å². The Hall–Kier alpha value is 1.37. The zero-order valence-corrected chi connectivity index (χ0v) is 8.36. The van der Waals surface area contributed by atoms with E-state index in [-0.39, 0.29) is 63.5 Å². The molecule has 0 heterocycles. The van der Waals surface area contributed by atoms with Crippen molar-refractivity contribution in [2.75, 3.05) is 0 Å². The van der Waals surface area contributed by atoms with Crippen molar-refractivity contribution in [3.8, 4) is 0 Å². The van der Waals surface area contributed by atoms with Gasteiger partial charge in [-0.15, -0.1) is 0 Å². The summed E-state index contributed by atoms with van der Waals surface area (Å²) < 4.78 is 34.1. The third kappa shape index (κ3) is 351. The van der Waals surface area contributed by atoms with Crippen LogP contribution in [0.5, 0.6) is 0 Å². The van der Waals surface area contributed by atoms with Gasteiger partial charge in [0.1, 0.15) is 0 Å². The molecule has 0 fully saturated rings. The van der Waals surface area contributed by atoms with E-state index < -0.39 is 10.4 Å². The maximum absolute atomic E-state index is 8.52. The molecule has 0 radical (unpaired) electrons. The third-order valence-electron chi connectivity index (χ3n) is 0. The number of hydrogen-bond donors (Lipinski definition) is 0. The van der Waals surface area contributed by atoms with Crippen molar-refractivity contribution in [2.24, 2.45) is 0 Å². The second kappa shape index (κ2) is 16.8. The fourth-order valence-electron chi connectivity index (χ4n) is 0. The Labute approximate surface area is 91.0 Å². The zero-order valence-electron chi connectivity index (χ0n) is 4.43. The molecular weight excluding hydrogens is 251 g/mol. The van der Waals surface area contributed by atoms with Crippen molar-refractivity contribution < 1.29 is 58.0 Å². The number of halogens is 1. The van der Waals surface area contributed by atoms with Gasteiger partial charge < -0.3 is 32.5 Å². The normalized spacial score (nSPS) is 5.80. The van der Waals surface area contributed by atoms with Gasteiger partial charge in [0, 0.05) is 10.4 Å². The molecule has 0 aromatic carbocycles. The Morgan fingerprint density at radius 2 is 1.00 bits per heavy atom. The second-order valence-electron chi connectivity index (χ2n) is 0.408. The smallest absolute Gasteiger partial charge is 1.00 e. The van der Waals surface area contributed by atoms with Crippen molar-refractivity contribution in [3.63, 3.8) is 0 Å². The molecule has 6 nitrogen and oxygen atoms in total. The standard InChI is InChI=1S/ClH.Cu.Mg.H2O4S.2H2O/c;;;1-5(2,3)4;;/h1H;;;(H2,1,2,3,4);2*1H2/q;+1;+2;;;/p-3. The molecule has 0 bridgehead atoms. The minimum atomic E-state index is -5.17. The summed E-state index contributed by atoms with van der Waals surface area (Å²) in [6, 6.07) is 0. The SMILES string of the molecule is O.O.O=S(=O)([O-])[O-].[Cl-].[Cu+].[Mg+2]. The van der Waals surface area contributed by atoms with Crippen molar-refractivity contribution in [2.45, 2.75) is 0 Å². The molecule has 0 saturated carbocycles. The van der Waals surface area contributed by atoms with Gasteiger partial charge in [0.25, 0.3) is 0 Å². The van der Waals surface area contributed by atoms with Gasteiger partial charge in [-0.3, -0.25) is 8.42 Å². The molecule has 0 unspecified atom stereocenters. The third-order valence-corrected chi connectivity index (χ3v) is 0. The molecule has 0 aromatic rings. The first-order valence-electron chi connectivity index (χ1n) is 0.667.